The molecule has 2 saturated heterocycles. The lowest BCUT2D eigenvalue weighted by molar-refractivity contribution is -0.180. The summed E-state index contributed by atoms with van der Waals surface area (Å²) in [6.07, 6.45) is 1.87. The van der Waals surface area contributed by atoms with Gasteiger partial charge >= 0.3 is 11.9 Å². The van der Waals surface area contributed by atoms with E-state index < -0.39 is 58.1 Å². The molecule has 168 valence electrons. The third-order valence-corrected chi connectivity index (χ3v) is 9.56. The Morgan fingerprint density at radius 1 is 1.39 bits per heavy atom. The number of aliphatic hydroxyl groups excluding tert-OH is 1. The highest BCUT2D eigenvalue weighted by atomic mass is 16.6. The molecule has 1 spiro atoms. The van der Waals surface area contributed by atoms with Crippen LogP contribution in [0.1, 0.15) is 46.5 Å². The van der Waals surface area contributed by atoms with E-state index in [1.807, 2.05) is 26.8 Å². The van der Waals surface area contributed by atoms with Crippen LogP contribution in [0, 0.1) is 28.6 Å². The summed E-state index contributed by atoms with van der Waals surface area (Å²) in [7, 11) is 0. The summed E-state index contributed by atoms with van der Waals surface area (Å²) >= 11 is 0. The molecule has 6 rings (SSSR count). The molecule has 4 saturated carbocycles. The van der Waals surface area contributed by atoms with Gasteiger partial charge in [0.1, 0.15) is 35.9 Å². The van der Waals surface area contributed by atoms with Gasteiger partial charge in [0.25, 0.3) is 0 Å². The van der Waals surface area contributed by atoms with Crippen LogP contribution in [0.2, 0.25) is 0 Å². The van der Waals surface area contributed by atoms with Crippen molar-refractivity contribution in [3.63, 3.8) is 0 Å². The average Bonchev–Trinajstić information content (AvgIpc) is 3.37. The normalized spacial score (nSPS) is 55.1. The van der Waals surface area contributed by atoms with Crippen LogP contribution in [0.3, 0.4) is 0 Å². The first-order valence-corrected chi connectivity index (χ1v) is 11.3. The third-order valence-electron chi connectivity index (χ3n) is 9.56. The van der Waals surface area contributed by atoms with Crippen LogP contribution in [-0.2, 0) is 23.8 Å². The SMILES string of the molecule is C=C1C[C@]23C[C@@]1(O)CC[C@H]2[C@@]12OC(=O)[C@](C)([C@H]1[C@@H]3C(=O)OCC=C(C)C)[C@H]1O[C@H]1[C@@H]2O. The van der Waals surface area contributed by atoms with Crippen molar-refractivity contribution < 1.29 is 34.0 Å². The van der Waals surface area contributed by atoms with E-state index in [2.05, 4.69) is 6.58 Å². The molecule has 0 aromatic rings. The molecule has 2 aliphatic heterocycles. The quantitative estimate of drug-likeness (QED) is 0.399. The molecule has 0 aromatic carbocycles. The Kier molecular flexibility index (Phi) is 3.61. The summed E-state index contributed by atoms with van der Waals surface area (Å²) in [6.45, 7) is 9.99. The second kappa shape index (κ2) is 5.61. The van der Waals surface area contributed by atoms with Crippen molar-refractivity contribution >= 4 is 11.9 Å². The molecule has 4 aliphatic carbocycles. The van der Waals surface area contributed by atoms with Crippen molar-refractivity contribution in [2.75, 3.05) is 6.61 Å². The van der Waals surface area contributed by atoms with Gasteiger partial charge in [0.2, 0.25) is 0 Å². The molecular formula is C24H30O7. The maximum absolute atomic E-state index is 13.7. The summed E-state index contributed by atoms with van der Waals surface area (Å²) in [5.41, 5.74) is -2.09. The number of carbonyl (C=O) groups excluding carboxylic acids is 2. The number of allylic oxidation sites excluding steroid dienone is 1. The van der Waals surface area contributed by atoms with E-state index in [0.717, 1.165) is 11.1 Å². The van der Waals surface area contributed by atoms with Gasteiger partial charge in [0.05, 0.1) is 11.5 Å². The van der Waals surface area contributed by atoms with Gasteiger partial charge in [-0.2, -0.15) is 0 Å². The van der Waals surface area contributed by atoms with E-state index in [1.54, 1.807) is 0 Å². The van der Waals surface area contributed by atoms with Crippen molar-refractivity contribution in [3.05, 3.63) is 23.8 Å². The van der Waals surface area contributed by atoms with Gasteiger partial charge in [-0.1, -0.05) is 12.2 Å². The number of carbonyl (C=O) groups is 2. The first kappa shape index (κ1) is 19.9. The second-order valence-electron chi connectivity index (χ2n) is 11.2. The highest BCUT2D eigenvalue weighted by Gasteiger charge is 2.90. The standard InChI is InChI=1S/C24H30O7/c1-11(2)6-8-29-19(26)14-16-21(4)18-15(30-18)17(25)24(16,31-20(21)27)13-5-7-23(28)10-22(13,14)9-12(23)3/h6,13-18,25,28H,3,5,7-10H2,1-2,4H3/t13-,14-,15+,16-,17+,18+,21-,22+,23+,24-/m1/s1. The minimum absolute atomic E-state index is 0.153. The minimum Gasteiger partial charge on any atom is -0.461 e. The molecule has 0 radical (unpaired) electrons. The Morgan fingerprint density at radius 3 is 2.84 bits per heavy atom. The van der Waals surface area contributed by atoms with E-state index in [1.165, 1.54) is 0 Å². The van der Waals surface area contributed by atoms with Crippen molar-refractivity contribution in [3.8, 4) is 0 Å². The van der Waals surface area contributed by atoms with Gasteiger partial charge in [-0.15, -0.1) is 0 Å². The molecule has 2 N–H and O–H groups in total. The zero-order valence-electron chi connectivity index (χ0n) is 18.2. The fourth-order valence-corrected chi connectivity index (χ4v) is 8.34. The Labute approximate surface area is 181 Å². The maximum atomic E-state index is 13.7. The van der Waals surface area contributed by atoms with Gasteiger partial charge < -0.3 is 24.4 Å². The molecule has 31 heavy (non-hydrogen) atoms. The van der Waals surface area contributed by atoms with Crippen molar-refractivity contribution in [2.24, 2.45) is 28.6 Å². The highest BCUT2D eigenvalue weighted by Crippen LogP contribution is 2.80. The third kappa shape index (κ3) is 2.03. The molecule has 6 fully saturated rings. The number of ether oxygens (including phenoxy) is 3. The lowest BCUT2D eigenvalue weighted by Crippen LogP contribution is -2.59. The van der Waals surface area contributed by atoms with E-state index >= 15 is 0 Å². The summed E-state index contributed by atoms with van der Waals surface area (Å²) in [5.74, 6) is -2.26. The predicted molar refractivity (Wildman–Crippen MR) is 107 cm³/mol. The van der Waals surface area contributed by atoms with Crippen LogP contribution in [0.15, 0.2) is 23.8 Å². The van der Waals surface area contributed by atoms with Gasteiger partial charge in [0.15, 0.2) is 0 Å². The van der Waals surface area contributed by atoms with Gasteiger partial charge in [-0.05, 0) is 63.5 Å². The largest absolute Gasteiger partial charge is 0.461 e. The average molecular weight is 430 g/mol. The molecule has 7 heteroatoms. The zero-order chi connectivity index (χ0) is 22.1. The van der Waals surface area contributed by atoms with Crippen molar-refractivity contribution in [1.29, 1.82) is 0 Å². The van der Waals surface area contributed by atoms with E-state index in [9.17, 15) is 19.8 Å². The molecule has 4 bridgehead atoms. The smallest absolute Gasteiger partial charge is 0.315 e. The van der Waals surface area contributed by atoms with E-state index in [-0.39, 0.29) is 18.5 Å². The Balaban J connectivity index is 1.51. The van der Waals surface area contributed by atoms with Crippen LogP contribution in [0.4, 0.5) is 0 Å². The molecule has 0 aromatic heterocycles. The topological polar surface area (TPSA) is 106 Å². The minimum atomic E-state index is -1.18. The number of fused-ring (bicyclic) bond motifs is 3. The number of rotatable bonds is 3. The van der Waals surface area contributed by atoms with Crippen molar-refractivity contribution in [1.82, 2.24) is 0 Å². The first-order valence-electron chi connectivity index (χ1n) is 11.3. The summed E-state index contributed by atoms with van der Waals surface area (Å²) in [5, 5.41) is 22.7. The molecule has 7 nitrogen and oxygen atoms in total. The number of aliphatic hydroxyl groups is 2. The van der Waals surface area contributed by atoms with Crippen LogP contribution < -0.4 is 0 Å². The Hall–Kier alpha value is -1.70. The maximum Gasteiger partial charge on any atom is 0.315 e. The van der Waals surface area contributed by atoms with Crippen LogP contribution in [-0.4, -0.2) is 58.3 Å². The molecule has 0 amide bonds. The zero-order valence-corrected chi connectivity index (χ0v) is 18.2. The summed E-state index contributed by atoms with van der Waals surface area (Å²) in [4.78, 5) is 26.9. The van der Waals surface area contributed by atoms with Gasteiger partial charge in [-0.3, -0.25) is 9.59 Å². The lowest BCUT2D eigenvalue weighted by Gasteiger charge is -2.46. The monoisotopic (exact) mass is 430 g/mol. The Morgan fingerprint density at radius 2 is 2.13 bits per heavy atom. The van der Waals surface area contributed by atoms with Crippen LogP contribution >= 0.6 is 0 Å². The number of hydrogen-bond donors (Lipinski definition) is 2. The number of epoxide rings is 1. The molecule has 6 aliphatic rings. The highest BCUT2D eigenvalue weighted by molar-refractivity contribution is 5.87. The van der Waals surface area contributed by atoms with Crippen LogP contribution in [0.5, 0.6) is 0 Å². The molecular weight excluding hydrogens is 400 g/mol. The molecule has 0 unspecified atom stereocenters. The fourth-order valence-electron chi connectivity index (χ4n) is 8.34. The van der Waals surface area contributed by atoms with E-state index in [0.29, 0.717) is 25.7 Å². The van der Waals surface area contributed by atoms with Gasteiger partial charge in [0, 0.05) is 11.8 Å². The second-order valence-corrected chi connectivity index (χ2v) is 11.2. The number of esters is 2. The van der Waals surface area contributed by atoms with Gasteiger partial charge in [-0.25, -0.2) is 0 Å². The first-order chi connectivity index (χ1) is 14.5. The van der Waals surface area contributed by atoms with Crippen molar-refractivity contribution in [2.45, 2.75) is 76.0 Å². The van der Waals surface area contributed by atoms with Crippen LogP contribution in [0.25, 0.3) is 0 Å². The van der Waals surface area contributed by atoms with E-state index in [4.69, 9.17) is 14.2 Å². The lowest BCUT2D eigenvalue weighted by atomic mass is 9.59. The fraction of sp³-hybridized carbons (Fsp3) is 0.750. The summed E-state index contributed by atoms with van der Waals surface area (Å²) in [6, 6.07) is 0. The molecule has 2 heterocycles. The Bertz CT molecular complexity index is 952. The number of hydrogen-bond acceptors (Lipinski definition) is 7. The predicted octanol–water partition coefficient (Wildman–Crippen LogP) is 1.66. The molecule has 10 atom stereocenters. The summed E-state index contributed by atoms with van der Waals surface area (Å²) < 4.78 is 17.6.